The van der Waals surface area contributed by atoms with Gasteiger partial charge in [-0.15, -0.1) is 11.3 Å². The molecule has 0 saturated heterocycles. The maximum atomic E-state index is 5.74. The molecule has 0 aliphatic heterocycles. The van der Waals surface area contributed by atoms with E-state index in [1.807, 2.05) is 17.1 Å². The number of aryl methyl sites for hydroxylation is 1. The number of halogens is 1. The van der Waals surface area contributed by atoms with Crippen molar-refractivity contribution in [3.05, 3.63) is 33.5 Å². The first kappa shape index (κ1) is 8.72. The largest absolute Gasteiger partial charge is 0.266 e. The van der Waals surface area contributed by atoms with Crippen LogP contribution in [-0.2, 0) is 6.54 Å². The number of nitrogens with zero attached hydrogens (tertiary/aromatic N) is 3. The second-order valence-electron chi connectivity index (χ2n) is 2.72. The summed E-state index contributed by atoms with van der Waals surface area (Å²) in [6.45, 7) is 2.75. The van der Waals surface area contributed by atoms with Crippen LogP contribution in [0.25, 0.3) is 0 Å². The molecule has 0 saturated carbocycles. The van der Waals surface area contributed by atoms with Crippen molar-refractivity contribution in [2.75, 3.05) is 0 Å². The van der Waals surface area contributed by atoms with Crippen molar-refractivity contribution in [2.45, 2.75) is 13.5 Å². The van der Waals surface area contributed by atoms with Crippen LogP contribution in [0.15, 0.2) is 17.9 Å². The average molecular weight is 214 g/mol. The Bertz CT molecular complexity index is 407. The fraction of sp³-hybridized carbons (Fsp3) is 0.250. The minimum atomic E-state index is 0.669. The van der Waals surface area contributed by atoms with Crippen LogP contribution in [0.5, 0.6) is 0 Å². The summed E-state index contributed by atoms with van der Waals surface area (Å²) < 4.78 is 1.81. The van der Waals surface area contributed by atoms with Gasteiger partial charge in [0.15, 0.2) is 0 Å². The van der Waals surface area contributed by atoms with Gasteiger partial charge in [0.05, 0.1) is 29.0 Å². The molecule has 0 radical (unpaired) electrons. The molecule has 5 heteroatoms. The van der Waals surface area contributed by atoms with Crippen LogP contribution >= 0.6 is 22.9 Å². The smallest absolute Gasteiger partial charge is 0.0798 e. The number of thiazole rings is 1. The van der Waals surface area contributed by atoms with E-state index in [2.05, 4.69) is 10.1 Å². The number of hydrogen-bond acceptors (Lipinski definition) is 3. The zero-order chi connectivity index (χ0) is 9.26. The quantitative estimate of drug-likeness (QED) is 0.767. The van der Waals surface area contributed by atoms with Gasteiger partial charge in [0.2, 0.25) is 0 Å². The molecule has 0 bridgehead atoms. The van der Waals surface area contributed by atoms with Crippen molar-refractivity contribution in [2.24, 2.45) is 0 Å². The summed E-state index contributed by atoms with van der Waals surface area (Å²) >= 11 is 7.38. The second kappa shape index (κ2) is 3.47. The highest BCUT2D eigenvalue weighted by atomic mass is 35.5. The molecular weight excluding hydrogens is 206 g/mol. The molecule has 0 atom stereocenters. The molecule has 0 amide bonds. The van der Waals surface area contributed by atoms with Crippen LogP contribution in [0.1, 0.15) is 10.6 Å². The van der Waals surface area contributed by atoms with Crippen LogP contribution < -0.4 is 0 Å². The number of rotatable bonds is 2. The Hall–Kier alpha value is -0.870. The predicted molar refractivity (Wildman–Crippen MR) is 53.2 cm³/mol. The van der Waals surface area contributed by atoms with E-state index in [4.69, 9.17) is 11.6 Å². The van der Waals surface area contributed by atoms with Crippen molar-refractivity contribution in [1.29, 1.82) is 0 Å². The van der Waals surface area contributed by atoms with E-state index in [9.17, 15) is 0 Å². The van der Waals surface area contributed by atoms with Gasteiger partial charge in [-0.1, -0.05) is 11.6 Å². The zero-order valence-corrected chi connectivity index (χ0v) is 8.64. The highest BCUT2D eigenvalue weighted by Crippen LogP contribution is 2.14. The van der Waals surface area contributed by atoms with Gasteiger partial charge in [-0.25, -0.2) is 4.98 Å². The maximum absolute atomic E-state index is 5.74. The van der Waals surface area contributed by atoms with E-state index in [1.165, 1.54) is 4.88 Å². The van der Waals surface area contributed by atoms with Crippen molar-refractivity contribution in [1.82, 2.24) is 14.8 Å². The zero-order valence-electron chi connectivity index (χ0n) is 7.07. The molecule has 2 aromatic heterocycles. The lowest BCUT2D eigenvalue weighted by Crippen LogP contribution is -1.99. The van der Waals surface area contributed by atoms with Crippen molar-refractivity contribution >= 4 is 22.9 Å². The highest BCUT2D eigenvalue weighted by Gasteiger charge is 2.02. The highest BCUT2D eigenvalue weighted by molar-refractivity contribution is 7.09. The lowest BCUT2D eigenvalue weighted by Gasteiger charge is -1.97. The molecule has 2 aromatic rings. The van der Waals surface area contributed by atoms with E-state index in [1.54, 1.807) is 23.7 Å². The standard InChI is InChI=1S/C8H8ClN3S/c1-6-8(13-5-10-6)4-12-3-7(9)2-11-12/h2-3,5H,4H2,1H3. The summed E-state index contributed by atoms with van der Waals surface area (Å²) in [5, 5.41) is 4.76. The number of aromatic nitrogens is 3. The predicted octanol–water partition coefficient (Wildman–Crippen LogP) is 2.35. The van der Waals surface area contributed by atoms with E-state index in [-0.39, 0.29) is 0 Å². The Morgan fingerprint density at radius 3 is 3.00 bits per heavy atom. The first-order chi connectivity index (χ1) is 6.25. The summed E-state index contributed by atoms with van der Waals surface area (Å²) in [4.78, 5) is 5.39. The molecule has 2 rings (SSSR count). The average Bonchev–Trinajstić information content (AvgIpc) is 2.64. The van der Waals surface area contributed by atoms with Crippen LogP contribution in [0.3, 0.4) is 0 Å². The van der Waals surface area contributed by atoms with E-state index in [0.29, 0.717) is 5.02 Å². The summed E-state index contributed by atoms with van der Waals surface area (Å²) in [6.07, 6.45) is 3.44. The van der Waals surface area contributed by atoms with Crippen molar-refractivity contribution < 1.29 is 0 Å². The fourth-order valence-electron chi connectivity index (χ4n) is 1.05. The molecule has 13 heavy (non-hydrogen) atoms. The van der Waals surface area contributed by atoms with Gasteiger partial charge in [0, 0.05) is 11.1 Å². The third kappa shape index (κ3) is 1.89. The van der Waals surface area contributed by atoms with Gasteiger partial charge < -0.3 is 0 Å². The summed E-state index contributed by atoms with van der Waals surface area (Å²) in [5.41, 5.74) is 2.91. The van der Waals surface area contributed by atoms with Gasteiger partial charge in [-0.2, -0.15) is 5.10 Å². The monoisotopic (exact) mass is 213 g/mol. The molecule has 0 unspecified atom stereocenters. The Kier molecular flexibility index (Phi) is 2.33. The van der Waals surface area contributed by atoms with Gasteiger partial charge in [-0.3, -0.25) is 4.68 Å². The molecule has 3 nitrogen and oxygen atoms in total. The summed E-state index contributed by atoms with van der Waals surface area (Å²) in [6, 6.07) is 0. The Balaban J connectivity index is 2.19. The van der Waals surface area contributed by atoms with E-state index in [0.717, 1.165) is 12.2 Å². The normalized spacial score (nSPS) is 10.6. The Morgan fingerprint density at radius 2 is 2.46 bits per heavy atom. The van der Waals surface area contributed by atoms with E-state index >= 15 is 0 Å². The van der Waals surface area contributed by atoms with Gasteiger partial charge in [0.25, 0.3) is 0 Å². The van der Waals surface area contributed by atoms with Crippen molar-refractivity contribution in [3.8, 4) is 0 Å². The molecule has 0 fully saturated rings. The molecule has 0 N–H and O–H groups in total. The third-order valence-corrected chi connectivity index (χ3v) is 2.87. The van der Waals surface area contributed by atoms with Crippen LogP contribution in [0.2, 0.25) is 5.02 Å². The van der Waals surface area contributed by atoms with Crippen LogP contribution in [-0.4, -0.2) is 14.8 Å². The first-order valence-electron chi connectivity index (χ1n) is 3.82. The van der Waals surface area contributed by atoms with Crippen LogP contribution in [0, 0.1) is 6.92 Å². The second-order valence-corrected chi connectivity index (χ2v) is 4.09. The number of hydrogen-bond donors (Lipinski definition) is 0. The van der Waals surface area contributed by atoms with Crippen LogP contribution in [0.4, 0.5) is 0 Å². The molecular formula is C8H8ClN3S. The fourth-order valence-corrected chi connectivity index (χ4v) is 1.97. The molecule has 68 valence electrons. The van der Waals surface area contributed by atoms with Crippen molar-refractivity contribution in [3.63, 3.8) is 0 Å². The SMILES string of the molecule is Cc1ncsc1Cn1cc(Cl)cn1. The Labute approximate surface area is 85.0 Å². The third-order valence-electron chi connectivity index (χ3n) is 1.75. The van der Waals surface area contributed by atoms with E-state index < -0.39 is 0 Å². The van der Waals surface area contributed by atoms with Gasteiger partial charge in [0.1, 0.15) is 0 Å². The minimum Gasteiger partial charge on any atom is -0.266 e. The van der Waals surface area contributed by atoms with Gasteiger partial charge >= 0.3 is 0 Å². The maximum Gasteiger partial charge on any atom is 0.0798 e. The molecule has 0 spiro atoms. The van der Waals surface area contributed by atoms with Gasteiger partial charge in [-0.05, 0) is 6.92 Å². The molecule has 2 heterocycles. The summed E-state index contributed by atoms with van der Waals surface area (Å²) in [7, 11) is 0. The first-order valence-corrected chi connectivity index (χ1v) is 5.08. The molecule has 0 aromatic carbocycles. The topological polar surface area (TPSA) is 30.7 Å². The molecule has 0 aliphatic carbocycles. The lowest BCUT2D eigenvalue weighted by atomic mass is 10.4. The minimum absolute atomic E-state index is 0.669. The molecule has 0 aliphatic rings. The lowest BCUT2D eigenvalue weighted by molar-refractivity contribution is 0.691. The summed E-state index contributed by atoms with van der Waals surface area (Å²) in [5.74, 6) is 0. The Morgan fingerprint density at radius 1 is 1.62 bits per heavy atom.